The lowest BCUT2D eigenvalue weighted by Crippen LogP contribution is -2.55. The van der Waals surface area contributed by atoms with Crippen LogP contribution in [0.3, 0.4) is 0 Å². The van der Waals surface area contributed by atoms with Gasteiger partial charge in [-0.15, -0.1) is 0 Å². The highest BCUT2D eigenvalue weighted by Crippen LogP contribution is 2.31. The van der Waals surface area contributed by atoms with Crippen LogP contribution in [0, 0.1) is 6.92 Å². The Bertz CT molecular complexity index is 411. The number of likely N-dealkylation sites (N-methyl/N-ethyl adjacent to an activating group) is 1. The first-order valence-electron chi connectivity index (χ1n) is 7.12. The highest BCUT2D eigenvalue weighted by molar-refractivity contribution is 5.27. The fourth-order valence-corrected chi connectivity index (χ4v) is 3.10. The molecule has 0 aromatic heterocycles. The molecule has 1 heterocycles. The molecule has 3 nitrogen and oxygen atoms in total. The molecule has 0 saturated carbocycles. The second-order valence-corrected chi connectivity index (χ2v) is 5.89. The standard InChI is InChI=1S/C16H26N2O/c1-13-6-5-7-14(12-13)15(17-4)16(2,3)18-8-10-19-11-9-18/h5-7,12,15,17H,8-11H2,1-4H3. The Hall–Kier alpha value is -0.900. The van der Waals surface area contributed by atoms with E-state index < -0.39 is 0 Å². The van der Waals surface area contributed by atoms with E-state index in [4.69, 9.17) is 4.74 Å². The van der Waals surface area contributed by atoms with Crippen LogP contribution >= 0.6 is 0 Å². The third-order valence-electron chi connectivity index (χ3n) is 4.20. The van der Waals surface area contributed by atoms with Crippen molar-refractivity contribution in [1.29, 1.82) is 0 Å². The Morgan fingerprint density at radius 2 is 1.95 bits per heavy atom. The fourth-order valence-electron chi connectivity index (χ4n) is 3.10. The first kappa shape index (κ1) is 14.5. The van der Waals surface area contributed by atoms with Crippen molar-refractivity contribution in [1.82, 2.24) is 10.2 Å². The summed E-state index contributed by atoms with van der Waals surface area (Å²) in [7, 11) is 2.05. The van der Waals surface area contributed by atoms with Gasteiger partial charge in [0, 0.05) is 24.7 Å². The van der Waals surface area contributed by atoms with Crippen LogP contribution in [0.1, 0.15) is 31.0 Å². The van der Waals surface area contributed by atoms with Crippen LogP contribution in [0.2, 0.25) is 0 Å². The maximum atomic E-state index is 5.47. The Morgan fingerprint density at radius 3 is 2.53 bits per heavy atom. The minimum absolute atomic E-state index is 0.0757. The van der Waals surface area contributed by atoms with Gasteiger partial charge in [0.25, 0.3) is 0 Å². The number of nitrogens with zero attached hydrogens (tertiary/aromatic N) is 1. The Labute approximate surface area is 116 Å². The molecule has 0 spiro atoms. The Kier molecular flexibility index (Phi) is 4.61. The molecule has 1 unspecified atom stereocenters. The number of hydrogen-bond acceptors (Lipinski definition) is 3. The summed E-state index contributed by atoms with van der Waals surface area (Å²) in [4.78, 5) is 2.53. The van der Waals surface area contributed by atoms with Gasteiger partial charge in [0.05, 0.1) is 13.2 Å². The predicted octanol–water partition coefficient (Wildman–Crippen LogP) is 2.37. The zero-order valence-electron chi connectivity index (χ0n) is 12.6. The molecular formula is C16H26N2O. The maximum absolute atomic E-state index is 5.47. The van der Waals surface area contributed by atoms with Gasteiger partial charge < -0.3 is 10.1 Å². The topological polar surface area (TPSA) is 24.5 Å². The molecule has 1 aromatic rings. The number of ether oxygens (including phenoxy) is 1. The lowest BCUT2D eigenvalue weighted by Gasteiger charge is -2.46. The van der Waals surface area contributed by atoms with E-state index in [0.29, 0.717) is 6.04 Å². The second kappa shape index (κ2) is 6.04. The molecule has 3 heteroatoms. The van der Waals surface area contributed by atoms with E-state index in [9.17, 15) is 0 Å². The van der Waals surface area contributed by atoms with E-state index in [2.05, 4.69) is 62.3 Å². The van der Waals surface area contributed by atoms with Gasteiger partial charge in [0.15, 0.2) is 0 Å². The van der Waals surface area contributed by atoms with Crippen molar-refractivity contribution in [2.24, 2.45) is 0 Å². The van der Waals surface area contributed by atoms with Gasteiger partial charge in [-0.1, -0.05) is 29.8 Å². The normalized spacial score (nSPS) is 19.4. The molecule has 0 amide bonds. The lowest BCUT2D eigenvalue weighted by molar-refractivity contribution is -0.0229. The molecule has 2 rings (SSSR count). The molecule has 1 aliphatic heterocycles. The summed E-state index contributed by atoms with van der Waals surface area (Å²) in [6.07, 6.45) is 0. The molecule has 0 bridgehead atoms. The molecule has 1 aliphatic rings. The molecule has 1 atom stereocenters. The SMILES string of the molecule is CNC(c1cccc(C)c1)C(C)(C)N1CCOCC1. The van der Waals surface area contributed by atoms with E-state index in [1.807, 2.05) is 0 Å². The van der Waals surface area contributed by atoms with E-state index in [1.165, 1.54) is 11.1 Å². The number of rotatable bonds is 4. The summed E-state index contributed by atoms with van der Waals surface area (Å²) in [5.41, 5.74) is 2.75. The number of benzene rings is 1. The van der Waals surface area contributed by atoms with Crippen molar-refractivity contribution in [2.45, 2.75) is 32.4 Å². The highest BCUT2D eigenvalue weighted by atomic mass is 16.5. The summed E-state index contributed by atoms with van der Waals surface area (Å²) in [6, 6.07) is 9.12. The van der Waals surface area contributed by atoms with Gasteiger partial charge in [-0.25, -0.2) is 0 Å². The summed E-state index contributed by atoms with van der Waals surface area (Å²) in [5.74, 6) is 0. The van der Waals surface area contributed by atoms with Crippen molar-refractivity contribution < 1.29 is 4.74 Å². The van der Waals surface area contributed by atoms with Gasteiger partial charge in [-0.2, -0.15) is 0 Å². The van der Waals surface area contributed by atoms with Crippen LogP contribution in [0.5, 0.6) is 0 Å². The van der Waals surface area contributed by atoms with E-state index in [1.54, 1.807) is 0 Å². The number of aryl methyl sites for hydroxylation is 1. The molecule has 1 N–H and O–H groups in total. The monoisotopic (exact) mass is 262 g/mol. The van der Waals surface area contributed by atoms with E-state index in [-0.39, 0.29) is 5.54 Å². The second-order valence-electron chi connectivity index (χ2n) is 5.89. The van der Waals surface area contributed by atoms with Crippen LogP contribution in [0.4, 0.5) is 0 Å². The Morgan fingerprint density at radius 1 is 1.26 bits per heavy atom. The summed E-state index contributed by atoms with van der Waals surface area (Å²) in [5, 5.41) is 3.50. The van der Waals surface area contributed by atoms with Gasteiger partial charge in [-0.3, -0.25) is 4.90 Å². The Balaban J connectivity index is 2.24. The molecule has 0 aliphatic carbocycles. The average Bonchev–Trinajstić information content (AvgIpc) is 2.40. The smallest absolute Gasteiger partial charge is 0.0594 e. The maximum Gasteiger partial charge on any atom is 0.0594 e. The van der Waals surface area contributed by atoms with E-state index in [0.717, 1.165) is 26.3 Å². The number of nitrogens with one attached hydrogen (secondary N) is 1. The van der Waals surface area contributed by atoms with Crippen molar-refractivity contribution in [2.75, 3.05) is 33.4 Å². The van der Waals surface area contributed by atoms with Crippen LogP contribution in [0.25, 0.3) is 0 Å². The number of morpholine rings is 1. The zero-order chi connectivity index (χ0) is 13.9. The van der Waals surface area contributed by atoms with E-state index >= 15 is 0 Å². The van der Waals surface area contributed by atoms with Gasteiger partial charge in [0.2, 0.25) is 0 Å². The third kappa shape index (κ3) is 3.16. The zero-order valence-corrected chi connectivity index (χ0v) is 12.6. The largest absolute Gasteiger partial charge is 0.379 e. The fraction of sp³-hybridized carbons (Fsp3) is 0.625. The molecular weight excluding hydrogens is 236 g/mol. The predicted molar refractivity (Wildman–Crippen MR) is 79.5 cm³/mol. The molecule has 19 heavy (non-hydrogen) atoms. The van der Waals surface area contributed by atoms with Gasteiger partial charge >= 0.3 is 0 Å². The molecule has 1 saturated heterocycles. The van der Waals surface area contributed by atoms with Crippen molar-refractivity contribution >= 4 is 0 Å². The highest BCUT2D eigenvalue weighted by Gasteiger charge is 2.36. The first-order valence-corrected chi connectivity index (χ1v) is 7.12. The number of hydrogen-bond donors (Lipinski definition) is 1. The van der Waals surface area contributed by atoms with Crippen LogP contribution in [-0.4, -0.2) is 43.8 Å². The van der Waals surface area contributed by atoms with Crippen molar-refractivity contribution in [3.8, 4) is 0 Å². The first-order chi connectivity index (χ1) is 9.05. The quantitative estimate of drug-likeness (QED) is 0.901. The lowest BCUT2D eigenvalue weighted by atomic mass is 9.86. The summed E-state index contributed by atoms with van der Waals surface area (Å²) >= 11 is 0. The average molecular weight is 262 g/mol. The van der Waals surface area contributed by atoms with Crippen LogP contribution in [0.15, 0.2) is 24.3 Å². The summed E-state index contributed by atoms with van der Waals surface area (Å²) in [6.45, 7) is 10.5. The molecule has 1 fully saturated rings. The minimum Gasteiger partial charge on any atom is -0.379 e. The summed E-state index contributed by atoms with van der Waals surface area (Å²) < 4.78 is 5.47. The van der Waals surface area contributed by atoms with Crippen molar-refractivity contribution in [3.63, 3.8) is 0 Å². The minimum atomic E-state index is 0.0757. The van der Waals surface area contributed by atoms with Crippen LogP contribution in [-0.2, 0) is 4.74 Å². The van der Waals surface area contributed by atoms with Gasteiger partial charge in [-0.05, 0) is 33.4 Å². The molecule has 106 valence electrons. The molecule has 1 aromatic carbocycles. The van der Waals surface area contributed by atoms with Crippen molar-refractivity contribution in [3.05, 3.63) is 35.4 Å². The molecule has 0 radical (unpaired) electrons. The van der Waals surface area contributed by atoms with Crippen LogP contribution < -0.4 is 5.32 Å². The van der Waals surface area contributed by atoms with Gasteiger partial charge in [0.1, 0.15) is 0 Å². The third-order valence-corrected chi connectivity index (χ3v) is 4.20.